The molecule has 0 aliphatic carbocycles. The molecule has 0 heterocycles. The first-order valence-corrected chi connectivity index (χ1v) is 6.04. The van der Waals surface area contributed by atoms with E-state index in [0.29, 0.717) is 19.6 Å². The molecule has 0 aliphatic heterocycles. The molecule has 98 valence electrons. The second-order valence-corrected chi connectivity index (χ2v) is 3.57. The Morgan fingerprint density at radius 3 is 2.53 bits per heavy atom. The molecule has 2 N–H and O–H groups in total. The fourth-order valence-electron chi connectivity index (χ4n) is 1.15. The first-order chi connectivity index (χ1) is 8.35. The molecular weight excluding hydrogens is 218 g/mol. The second-order valence-electron chi connectivity index (χ2n) is 3.57. The van der Waals surface area contributed by atoms with Crippen LogP contribution < -0.4 is 0 Å². The number of ether oxygens (including phenoxy) is 1. The van der Waals surface area contributed by atoms with Gasteiger partial charge in [-0.1, -0.05) is 25.2 Å². The molecule has 0 aromatic rings. The van der Waals surface area contributed by atoms with E-state index in [-0.39, 0.29) is 13.2 Å². The van der Waals surface area contributed by atoms with Gasteiger partial charge in [-0.15, -0.1) is 0 Å². The summed E-state index contributed by atoms with van der Waals surface area (Å²) in [5.41, 5.74) is 0. The summed E-state index contributed by atoms with van der Waals surface area (Å²) in [5, 5.41) is 17.6. The van der Waals surface area contributed by atoms with E-state index in [1.807, 2.05) is 4.90 Å². The Morgan fingerprint density at radius 2 is 1.94 bits per heavy atom. The second kappa shape index (κ2) is 13.0. The third-order valence-electron chi connectivity index (χ3n) is 2.10. The molecule has 0 atom stereocenters. The monoisotopic (exact) mass is 241 g/mol. The van der Waals surface area contributed by atoms with E-state index < -0.39 is 0 Å². The van der Waals surface area contributed by atoms with Gasteiger partial charge in [0.25, 0.3) is 0 Å². The molecule has 0 saturated carbocycles. The van der Waals surface area contributed by atoms with Gasteiger partial charge in [-0.2, -0.15) is 0 Å². The first-order valence-electron chi connectivity index (χ1n) is 6.04. The lowest BCUT2D eigenvalue weighted by Gasteiger charge is -2.16. The van der Waals surface area contributed by atoms with Gasteiger partial charge in [0, 0.05) is 19.2 Å². The van der Waals surface area contributed by atoms with Crippen molar-refractivity contribution in [2.45, 2.75) is 19.8 Å². The summed E-state index contributed by atoms with van der Waals surface area (Å²) < 4.78 is 5.20. The molecule has 17 heavy (non-hydrogen) atoms. The van der Waals surface area contributed by atoms with E-state index in [9.17, 15) is 0 Å². The number of allylic oxidation sites excluding steroid dienone is 1. The van der Waals surface area contributed by atoms with Crippen molar-refractivity contribution < 1.29 is 14.9 Å². The van der Waals surface area contributed by atoms with Crippen LogP contribution in [0.25, 0.3) is 0 Å². The van der Waals surface area contributed by atoms with Crippen LogP contribution in [0.15, 0.2) is 12.3 Å². The summed E-state index contributed by atoms with van der Waals surface area (Å²) in [4.78, 5) is 1.89. The van der Waals surface area contributed by atoms with E-state index >= 15 is 0 Å². The molecular formula is C13H23NO3. The number of aliphatic hydroxyl groups excluding tert-OH is 2. The minimum Gasteiger partial charge on any atom is -0.501 e. The molecule has 0 bridgehead atoms. The minimum absolute atomic E-state index is 0.0810. The van der Waals surface area contributed by atoms with E-state index in [1.165, 1.54) is 0 Å². The van der Waals surface area contributed by atoms with Crippen molar-refractivity contribution in [2.75, 3.05) is 39.5 Å². The molecule has 0 radical (unpaired) electrons. The fraction of sp³-hybridized carbons (Fsp3) is 0.692. The van der Waals surface area contributed by atoms with E-state index in [0.717, 1.165) is 19.4 Å². The molecule has 0 amide bonds. The van der Waals surface area contributed by atoms with E-state index in [4.69, 9.17) is 14.9 Å². The molecule has 0 fully saturated rings. The van der Waals surface area contributed by atoms with Crippen LogP contribution in [0.1, 0.15) is 19.8 Å². The van der Waals surface area contributed by atoms with E-state index in [2.05, 4.69) is 18.8 Å². The summed E-state index contributed by atoms with van der Waals surface area (Å²) in [6.45, 7) is 4.62. The SMILES string of the molecule is CCCCOC=CC#CCN(CCO)CCO. The maximum absolute atomic E-state index is 8.78. The van der Waals surface area contributed by atoms with Crippen LogP contribution in [0.2, 0.25) is 0 Å². The van der Waals surface area contributed by atoms with Crippen LogP contribution in [0.5, 0.6) is 0 Å². The summed E-state index contributed by atoms with van der Waals surface area (Å²) in [6, 6.07) is 0. The van der Waals surface area contributed by atoms with Gasteiger partial charge in [0.2, 0.25) is 0 Å². The lowest BCUT2D eigenvalue weighted by molar-refractivity contribution is 0.174. The highest BCUT2D eigenvalue weighted by Crippen LogP contribution is 1.88. The molecule has 0 aliphatic rings. The minimum atomic E-state index is 0.0810. The maximum Gasteiger partial charge on any atom is 0.0912 e. The Hall–Kier alpha value is -1.02. The lowest BCUT2D eigenvalue weighted by atomic mass is 10.4. The van der Waals surface area contributed by atoms with Crippen molar-refractivity contribution in [2.24, 2.45) is 0 Å². The smallest absolute Gasteiger partial charge is 0.0912 e. The average molecular weight is 241 g/mol. The summed E-state index contributed by atoms with van der Waals surface area (Å²) in [7, 11) is 0. The third kappa shape index (κ3) is 11.2. The zero-order valence-electron chi connectivity index (χ0n) is 10.6. The molecule has 0 spiro atoms. The predicted octanol–water partition coefficient (Wildman–Crippen LogP) is 0.607. The summed E-state index contributed by atoms with van der Waals surface area (Å²) >= 11 is 0. The fourth-order valence-corrected chi connectivity index (χ4v) is 1.15. The van der Waals surface area contributed by atoms with Gasteiger partial charge in [0.15, 0.2) is 0 Å². The third-order valence-corrected chi connectivity index (χ3v) is 2.10. The van der Waals surface area contributed by atoms with Crippen molar-refractivity contribution in [1.82, 2.24) is 4.90 Å². The van der Waals surface area contributed by atoms with Crippen LogP contribution in [0.3, 0.4) is 0 Å². The summed E-state index contributed by atoms with van der Waals surface area (Å²) in [5.74, 6) is 5.78. The van der Waals surface area contributed by atoms with Crippen LogP contribution in [-0.2, 0) is 4.74 Å². The van der Waals surface area contributed by atoms with Crippen molar-refractivity contribution in [3.63, 3.8) is 0 Å². The normalized spacial score (nSPS) is 10.6. The highest BCUT2D eigenvalue weighted by Gasteiger charge is 1.99. The molecule has 0 unspecified atom stereocenters. The quantitative estimate of drug-likeness (QED) is 0.353. The van der Waals surface area contributed by atoms with Gasteiger partial charge >= 0.3 is 0 Å². The predicted molar refractivity (Wildman–Crippen MR) is 68.4 cm³/mol. The Morgan fingerprint density at radius 1 is 1.24 bits per heavy atom. The highest BCUT2D eigenvalue weighted by molar-refractivity contribution is 5.14. The van der Waals surface area contributed by atoms with Gasteiger partial charge in [-0.3, -0.25) is 4.90 Å². The maximum atomic E-state index is 8.78. The van der Waals surface area contributed by atoms with Gasteiger partial charge in [0.1, 0.15) is 0 Å². The van der Waals surface area contributed by atoms with E-state index in [1.54, 1.807) is 12.3 Å². The van der Waals surface area contributed by atoms with Crippen LogP contribution in [-0.4, -0.2) is 54.6 Å². The Bertz CT molecular complexity index is 237. The summed E-state index contributed by atoms with van der Waals surface area (Å²) in [6.07, 6.45) is 5.45. The number of unbranched alkanes of at least 4 members (excludes halogenated alkanes) is 1. The van der Waals surface area contributed by atoms with Gasteiger partial charge in [-0.25, -0.2) is 0 Å². The molecule has 0 aromatic carbocycles. The van der Waals surface area contributed by atoms with Crippen LogP contribution in [0, 0.1) is 11.8 Å². The molecule has 0 rings (SSSR count). The Kier molecular flexibility index (Phi) is 12.3. The first kappa shape index (κ1) is 16.0. The van der Waals surface area contributed by atoms with Crippen molar-refractivity contribution >= 4 is 0 Å². The van der Waals surface area contributed by atoms with Crippen molar-refractivity contribution in [3.05, 3.63) is 12.3 Å². The molecule has 0 saturated heterocycles. The van der Waals surface area contributed by atoms with Crippen molar-refractivity contribution in [1.29, 1.82) is 0 Å². The highest BCUT2D eigenvalue weighted by atomic mass is 16.5. The van der Waals surface area contributed by atoms with Crippen LogP contribution >= 0.6 is 0 Å². The Balaban J connectivity index is 3.68. The average Bonchev–Trinajstić information content (AvgIpc) is 2.33. The molecule has 4 heteroatoms. The van der Waals surface area contributed by atoms with Crippen molar-refractivity contribution in [3.8, 4) is 11.8 Å². The number of nitrogens with zero attached hydrogens (tertiary/aromatic N) is 1. The number of aliphatic hydroxyl groups is 2. The van der Waals surface area contributed by atoms with Crippen LogP contribution in [0.4, 0.5) is 0 Å². The largest absolute Gasteiger partial charge is 0.501 e. The zero-order valence-corrected chi connectivity index (χ0v) is 10.6. The topological polar surface area (TPSA) is 52.9 Å². The standard InChI is InChI=1S/C13H23NO3/c1-2-3-12-17-13-6-4-5-7-14(8-10-15)9-11-16/h6,13,15-16H,2-3,7-12H2,1H3. The zero-order chi connectivity index (χ0) is 12.8. The van der Waals surface area contributed by atoms with Gasteiger partial charge < -0.3 is 14.9 Å². The molecule has 0 aromatic heterocycles. The Labute approximate surface area is 104 Å². The lowest BCUT2D eigenvalue weighted by Crippen LogP contribution is -2.30. The van der Waals surface area contributed by atoms with Gasteiger partial charge in [-0.05, 0) is 6.42 Å². The number of hydrogen-bond donors (Lipinski definition) is 2. The number of hydrogen-bond acceptors (Lipinski definition) is 4. The molecule has 4 nitrogen and oxygen atoms in total. The number of rotatable bonds is 9. The van der Waals surface area contributed by atoms with Gasteiger partial charge in [0.05, 0.1) is 32.6 Å².